The Morgan fingerprint density at radius 1 is 1.38 bits per heavy atom. The molecule has 2 aromatic heterocycles. The lowest BCUT2D eigenvalue weighted by Gasteiger charge is -2.31. The van der Waals surface area contributed by atoms with E-state index in [1.54, 1.807) is 7.11 Å². The minimum absolute atomic E-state index is 0.195. The van der Waals surface area contributed by atoms with E-state index in [2.05, 4.69) is 34.8 Å². The monoisotopic (exact) mass is 327 g/mol. The predicted octanol–water partition coefficient (Wildman–Crippen LogP) is 2.19. The molecule has 3 heterocycles. The van der Waals surface area contributed by atoms with Crippen LogP contribution in [0.4, 0.5) is 5.82 Å². The van der Waals surface area contributed by atoms with E-state index in [4.69, 9.17) is 14.5 Å². The minimum atomic E-state index is -0.462. The van der Waals surface area contributed by atoms with E-state index in [0.717, 1.165) is 28.2 Å². The first-order valence-corrected chi connectivity index (χ1v) is 8.03. The summed E-state index contributed by atoms with van der Waals surface area (Å²) >= 11 is 0. The highest BCUT2D eigenvalue weighted by molar-refractivity contribution is 5.94. The van der Waals surface area contributed by atoms with Gasteiger partial charge in [-0.15, -0.1) is 0 Å². The van der Waals surface area contributed by atoms with Crippen molar-refractivity contribution in [1.29, 1.82) is 5.26 Å². The lowest BCUT2D eigenvalue weighted by Crippen LogP contribution is -2.42. The predicted molar refractivity (Wildman–Crippen MR) is 90.3 cm³/mol. The van der Waals surface area contributed by atoms with Crippen LogP contribution in [-0.4, -0.2) is 47.9 Å². The summed E-state index contributed by atoms with van der Waals surface area (Å²) in [5.74, 6) is 2.23. The zero-order valence-electron chi connectivity index (χ0n) is 14.4. The molecule has 126 valence electrons. The van der Waals surface area contributed by atoms with Gasteiger partial charge in [0.25, 0.3) is 0 Å². The van der Waals surface area contributed by atoms with Gasteiger partial charge >= 0.3 is 0 Å². The second-order valence-electron chi connectivity index (χ2n) is 6.16. The molecule has 7 heteroatoms. The molecule has 24 heavy (non-hydrogen) atoms. The molecule has 2 aromatic rings. The molecular formula is C17H21N5O2. The van der Waals surface area contributed by atoms with Crippen molar-refractivity contribution in [1.82, 2.24) is 15.0 Å². The van der Waals surface area contributed by atoms with Crippen LogP contribution in [0.5, 0.6) is 5.88 Å². The Bertz CT molecular complexity index is 800. The van der Waals surface area contributed by atoms with Crippen molar-refractivity contribution < 1.29 is 9.47 Å². The molecule has 0 aliphatic carbocycles. The van der Waals surface area contributed by atoms with Crippen LogP contribution < -0.4 is 9.64 Å². The van der Waals surface area contributed by atoms with Crippen LogP contribution in [0.15, 0.2) is 6.07 Å². The maximum Gasteiger partial charge on any atom is 0.226 e. The lowest BCUT2D eigenvalue weighted by atomic mass is 10.1. The number of hydrogen-bond donors (Lipinski definition) is 0. The molecule has 1 saturated heterocycles. The first-order chi connectivity index (χ1) is 11.5. The minimum Gasteiger partial charge on any atom is -0.480 e. The Hall–Kier alpha value is -2.46. The van der Waals surface area contributed by atoms with Gasteiger partial charge in [0.2, 0.25) is 5.88 Å². The largest absolute Gasteiger partial charge is 0.480 e. The number of methoxy groups -OCH3 is 1. The number of nitriles is 1. The van der Waals surface area contributed by atoms with Gasteiger partial charge in [-0.1, -0.05) is 13.8 Å². The highest BCUT2D eigenvalue weighted by atomic mass is 16.5. The van der Waals surface area contributed by atoms with Gasteiger partial charge in [-0.3, -0.25) is 0 Å². The van der Waals surface area contributed by atoms with Crippen molar-refractivity contribution in [3.63, 3.8) is 0 Å². The Morgan fingerprint density at radius 3 is 2.83 bits per heavy atom. The molecule has 0 radical (unpaired) electrons. The van der Waals surface area contributed by atoms with Crippen LogP contribution in [0, 0.1) is 18.3 Å². The number of aromatic nitrogens is 3. The first-order valence-electron chi connectivity index (χ1n) is 8.03. The van der Waals surface area contributed by atoms with Crippen molar-refractivity contribution >= 4 is 16.7 Å². The summed E-state index contributed by atoms with van der Waals surface area (Å²) < 4.78 is 10.9. The summed E-state index contributed by atoms with van der Waals surface area (Å²) in [5.41, 5.74) is 1.66. The molecule has 1 aliphatic rings. The number of anilines is 1. The average Bonchev–Trinajstić information content (AvgIpc) is 2.59. The van der Waals surface area contributed by atoms with E-state index < -0.39 is 6.10 Å². The van der Waals surface area contributed by atoms with Crippen molar-refractivity contribution in [3.05, 3.63) is 17.6 Å². The van der Waals surface area contributed by atoms with E-state index in [-0.39, 0.29) is 5.92 Å². The fourth-order valence-electron chi connectivity index (χ4n) is 2.79. The van der Waals surface area contributed by atoms with Gasteiger partial charge in [-0.2, -0.15) is 5.26 Å². The smallest absolute Gasteiger partial charge is 0.226 e. The van der Waals surface area contributed by atoms with E-state index in [1.807, 2.05) is 13.0 Å². The number of rotatable bonds is 3. The van der Waals surface area contributed by atoms with Crippen molar-refractivity contribution in [2.75, 3.05) is 31.7 Å². The van der Waals surface area contributed by atoms with E-state index >= 15 is 0 Å². The summed E-state index contributed by atoms with van der Waals surface area (Å²) in [7, 11) is 1.60. The lowest BCUT2D eigenvalue weighted by molar-refractivity contribution is 0.0762. The number of aryl methyl sites for hydroxylation is 1. The third-order valence-electron chi connectivity index (χ3n) is 3.99. The van der Waals surface area contributed by atoms with Crippen LogP contribution in [0.1, 0.15) is 31.3 Å². The first kappa shape index (κ1) is 16.4. The van der Waals surface area contributed by atoms with Gasteiger partial charge in [-0.25, -0.2) is 15.0 Å². The van der Waals surface area contributed by atoms with Gasteiger partial charge < -0.3 is 14.4 Å². The molecule has 7 nitrogen and oxygen atoms in total. The SMILES string of the molecule is COc1nc(C)cc2nc(C(C)C)nc(N3CCOC(C#N)C3)c12. The quantitative estimate of drug-likeness (QED) is 0.854. The second kappa shape index (κ2) is 6.57. The summed E-state index contributed by atoms with van der Waals surface area (Å²) in [6, 6.07) is 4.11. The molecule has 1 unspecified atom stereocenters. The van der Waals surface area contributed by atoms with Gasteiger partial charge in [0.15, 0.2) is 6.10 Å². The maximum atomic E-state index is 9.18. The molecule has 1 aliphatic heterocycles. The van der Waals surface area contributed by atoms with Crippen molar-refractivity contribution in [2.24, 2.45) is 0 Å². The number of nitrogens with zero attached hydrogens (tertiary/aromatic N) is 5. The van der Waals surface area contributed by atoms with E-state index in [1.165, 1.54) is 0 Å². The number of fused-ring (bicyclic) bond motifs is 1. The fourth-order valence-corrected chi connectivity index (χ4v) is 2.79. The molecule has 0 bridgehead atoms. The van der Waals surface area contributed by atoms with E-state index in [9.17, 15) is 5.26 Å². The fraction of sp³-hybridized carbons (Fsp3) is 0.529. The molecule has 0 aromatic carbocycles. The third kappa shape index (κ3) is 2.97. The topological polar surface area (TPSA) is 84.2 Å². The Kier molecular flexibility index (Phi) is 4.49. The average molecular weight is 327 g/mol. The molecule has 0 N–H and O–H groups in total. The molecule has 3 rings (SSSR count). The molecule has 0 spiro atoms. The second-order valence-corrected chi connectivity index (χ2v) is 6.16. The number of hydrogen-bond acceptors (Lipinski definition) is 7. The standard InChI is InChI=1S/C17H21N5O2/c1-10(2)15-20-13-7-11(3)19-17(23-4)14(13)16(21-15)22-5-6-24-12(8-18)9-22/h7,10,12H,5-6,9H2,1-4H3. The van der Waals surface area contributed by atoms with Gasteiger partial charge in [-0.05, 0) is 13.0 Å². The molecule has 1 fully saturated rings. The zero-order valence-corrected chi connectivity index (χ0v) is 14.4. The Balaban J connectivity index is 2.22. The van der Waals surface area contributed by atoms with Gasteiger partial charge in [0.05, 0.1) is 31.8 Å². The summed E-state index contributed by atoms with van der Waals surface area (Å²) in [6.45, 7) is 7.67. The number of pyridine rings is 1. The number of morpholine rings is 1. The normalized spacial score (nSPS) is 18.0. The zero-order chi connectivity index (χ0) is 17.3. The van der Waals surface area contributed by atoms with Crippen LogP contribution in [0.3, 0.4) is 0 Å². The molecule has 0 amide bonds. The van der Waals surface area contributed by atoms with Crippen molar-refractivity contribution in [3.8, 4) is 11.9 Å². The summed E-state index contributed by atoms with van der Waals surface area (Å²) in [4.78, 5) is 16.0. The summed E-state index contributed by atoms with van der Waals surface area (Å²) in [5, 5.41) is 9.96. The Morgan fingerprint density at radius 2 is 2.17 bits per heavy atom. The van der Waals surface area contributed by atoms with Crippen LogP contribution >= 0.6 is 0 Å². The molecule has 1 atom stereocenters. The van der Waals surface area contributed by atoms with Crippen LogP contribution in [0.2, 0.25) is 0 Å². The summed E-state index contributed by atoms with van der Waals surface area (Å²) in [6.07, 6.45) is -0.462. The third-order valence-corrected chi connectivity index (χ3v) is 3.99. The van der Waals surface area contributed by atoms with Crippen molar-refractivity contribution in [2.45, 2.75) is 32.8 Å². The maximum absolute atomic E-state index is 9.18. The van der Waals surface area contributed by atoms with E-state index in [0.29, 0.717) is 25.6 Å². The van der Waals surface area contributed by atoms with Crippen LogP contribution in [-0.2, 0) is 4.74 Å². The van der Waals surface area contributed by atoms with Crippen LogP contribution in [0.25, 0.3) is 10.9 Å². The Labute approximate surface area is 141 Å². The number of ether oxygens (including phenoxy) is 2. The highest BCUT2D eigenvalue weighted by Gasteiger charge is 2.26. The van der Waals surface area contributed by atoms with Gasteiger partial charge in [0, 0.05) is 18.2 Å². The molecule has 0 saturated carbocycles. The molecular weight excluding hydrogens is 306 g/mol. The highest BCUT2D eigenvalue weighted by Crippen LogP contribution is 2.33. The van der Waals surface area contributed by atoms with Gasteiger partial charge in [0.1, 0.15) is 17.0 Å².